The highest BCUT2D eigenvalue weighted by molar-refractivity contribution is 5.89. The summed E-state index contributed by atoms with van der Waals surface area (Å²) < 4.78 is 32.1. The Morgan fingerprint density at radius 2 is 1.95 bits per heavy atom. The molecule has 0 amide bonds. The first-order valence-electron chi connectivity index (χ1n) is 6.60. The van der Waals surface area contributed by atoms with E-state index in [0.717, 1.165) is 37.5 Å². The molecule has 1 aliphatic carbocycles. The van der Waals surface area contributed by atoms with Crippen LogP contribution < -0.4 is 0 Å². The minimum atomic E-state index is -0.809. The summed E-state index contributed by atoms with van der Waals surface area (Å²) in [6.07, 6.45) is 4.18. The summed E-state index contributed by atoms with van der Waals surface area (Å²) in [5, 5.41) is 0. The maximum Gasteiger partial charge on any atom is 0.169 e. The summed E-state index contributed by atoms with van der Waals surface area (Å²) in [5.74, 6) is -1.23. The van der Waals surface area contributed by atoms with Gasteiger partial charge in [0.1, 0.15) is 17.2 Å². The van der Waals surface area contributed by atoms with Crippen LogP contribution in [0.15, 0.2) is 18.2 Å². The number of hydrogen-bond acceptors (Lipinski definition) is 2. The van der Waals surface area contributed by atoms with Crippen LogP contribution in [0.25, 0.3) is 0 Å². The molecule has 1 fully saturated rings. The lowest BCUT2D eigenvalue weighted by molar-refractivity contribution is -0.144. The molecule has 0 heterocycles. The van der Waals surface area contributed by atoms with Gasteiger partial charge in [0.2, 0.25) is 0 Å². The quantitative estimate of drug-likeness (QED) is 0.836. The molecule has 104 valence electrons. The highest BCUT2D eigenvalue weighted by Crippen LogP contribution is 2.33. The predicted molar refractivity (Wildman–Crippen MR) is 67.9 cm³/mol. The summed E-state index contributed by atoms with van der Waals surface area (Å²) in [6, 6.07) is 3.19. The van der Waals surface area contributed by atoms with Crippen LogP contribution in [0.3, 0.4) is 0 Å². The molecule has 19 heavy (non-hydrogen) atoms. The van der Waals surface area contributed by atoms with Crippen molar-refractivity contribution in [2.24, 2.45) is 0 Å². The summed E-state index contributed by atoms with van der Waals surface area (Å²) in [7, 11) is 1.52. The molecule has 0 radical (unpaired) electrons. The number of rotatable bonds is 4. The van der Waals surface area contributed by atoms with Crippen LogP contribution in [0.4, 0.5) is 8.78 Å². The minimum Gasteiger partial charge on any atom is -0.370 e. The second-order valence-corrected chi connectivity index (χ2v) is 5.09. The van der Waals surface area contributed by atoms with Crippen molar-refractivity contribution in [1.82, 2.24) is 0 Å². The molecule has 2 rings (SSSR count). The van der Waals surface area contributed by atoms with Gasteiger partial charge in [-0.1, -0.05) is 19.3 Å². The fourth-order valence-electron chi connectivity index (χ4n) is 2.73. The van der Waals surface area contributed by atoms with E-state index in [1.807, 2.05) is 0 Å². The Morgan fingerprint density at radius 1 is 1.26 bits per heavy atom. The molecule has 0 N–H and O–H groups in total. The van der Waals surface area contributed by atoms with E-state index in [1.54, 1.807) is 0 Å². The molecule has 0 spiro atoms. The van der Waals surface area contributed by atoms with Gasteiger partial charge in [0.05, 0.1) is 0 Å². The molecule has 2 nitrogen and oxygen atoms in total. The summed E-state index contributed by atoms with van der Waals surface area (Å²) in [6.45, 7) is 0. The highest BCUT2D eigenvalue weighted by Gasteiger charge is 2.39. The van der Waals surface area contributed by atoms with Crippen LogP contribution in [-0.2, 0) is 16.0 Å². The third-order valence-corrected chi connectivity index (χ3v) is 3.92. The summed E-state index contributed by atoms with van der Waals surface area (Å²) in [4.78, 5) is 12.4. The lowest BCUT2D eigenvalue weighted by Crippen LogP contribution is -2.43. The number of carbonyl (C=O) groups is 1. The van der Waals surface area contributed by atoms with Gasteiger partial charge in [-0.3, -0.25) is 4.79 Å². The van der Waals surface area contributed by atoms with Gasteiger partial charge >= 0.3 is 0 Å². The number of Topliss-reactive ketones (excluding diaryl/α,β-unsaturated/α-hetero) is 1. The van der Waals surface area contributed by atoms with Gasteiger partial charge in [0, 0.05) is 13.5 Å². The Labute approximate surface area is 111 Å². The number of carbonyl (C=O) groups excluding carboxylic acids is 1. The van der Waals surface area contributed by atoms with E-state index in [0.29, 0.717) is 12.8 Å². The van der Waals surface area contributed by atoms with Gasteiger partial charge in [-0.2, -0.15) is 0 Å². The van der Waals surface area contributed by atoms with Crippen molar-refractivity contribution < 1.29 is 18.3 Å². The predicted octanol–water partition coefficient (Wildman–Crippen LogP) is 3.43. The van der Waals surface area contributed by atoms with Gasteiger partial charge < -0.3 is 4.74 Å². The first kappa shape index (κ1) is 14.1. The van der Waals surface area contributed by atoms with E-state index in [2.05, 4.69) is 0 Å². The molecule has 0 bridgehead atoms. The minimum absolute atomic E-state index is 0.104. The molecule has 1 aromatic carbocycles. The van der Waals surface area contributed by atoms with Crippen molar-refractivity contribution in [2.45, 2.75) is 44.1 Å². The maximum atomic E-state index is 13.6. The maximum absolute atomic E-state index is 13.6. The van der Waals surface area contributed by atoms with Crippen molar-refractivity contribution in [3.05, 3.63) is 35.4 Å². The Morgan fingerprint density at radius 3 is 2.58 bits per heavy atom. The fourth-order valence-corrected chi connectivity index (χ4v) is 2.73. The second kappa shape index (κ2) is 5.78. The zero-order chi connectivity index (χ0) is 13.9. The third-order valence-electron chi connectivity index (χ3n) is 3.92. The van der Waals surface area contributed by atoms with Crippen LogP contribution in [0, 0.1) is 11.6 Å². The van der Waals surface area contributed by atoms with Crippen molar-refractivity contribution in [1.29, 1.82) is 0 Å². The molecule has 1 aliphatic rings. The molecular formula is C15H18F2O2. The number of ether oxygens (including phenoxy) is 1. The first-order chi connectivity index (χ1) is 9.07. The van der Waals surface area contributed by atoms with Crippen LogP contribution in [0.5, 0.6) is 0 Å². The lowest BCUT2D eigenvalue weighted by atomic mass is 9.79. The summed E-state index contributed by atoms with van der Waals surface area (Å²) >= 11 is 0. The van der Waals surface area contributed by atoms with Gasteiger partial charge in [0.25, 0.3) is 0 Å². The van der Waals surface area contributed by atoms with E-state index in [9.17, 15) is 13.6 Å². The Bertz CT molecular complexity index is 465. The smallest absolute Gasteiger partial charge is 0.169 e. The van der Waals surface area contributed by atoms with Crippen LogP contribution >= 0.6 is 0 Å². The number of halogens is 2. The van der Waals surface area contributed by atoms with Crippen LogP contribution in [0.1, 0.15) is 37.7 Å². The Hall–Kier alpha value is -1.29. The Balaban J connectivity index is 2.17. The first-order valence-corrected chi connectivity index (χ1v) is 6.60. The molecular weight excluding hydrogens is 250 g/mol. The standard InChI is InChI=1S/C15H18F2O2/c1-19-15(7-3-2-4-8-15)14(18)10-11-9-12(16)5-6-13(11)17/h5-6,9H,2-4,7-8,10H2,1H3. The molecule has 0 aliphatic heterocycles. The van der Waals surface area contributed by atoms with Crippen molar-refractivity contribution in [3.63, 3.8) is 0 Å². The molecule has 0 aromatic heterocycles. The van der Waals surface area contributed by atoms with Crippen molar-refractivity contribution in [2.75, 3.05) is 7.11 Å². The number of hydrogen-bond donors (Lipinski definition) is 0. The third kappa shape index (κ3) is 3.00. The molecule has 0 unspecified atom stereocenters. The molecule has 1 saturated carbocycles. The van der Waals surface area contributed by atoms with Crippen LogP contribution in [-0.4, -0.2) is 18.5 Å². The lowest BCUT2D eigenvalue weighted by Gasteiger charge is -2.34. The average Bonchev–Trinajstić information content (AvgIpc) is 2.43. The monoisotopic (exact) mass is 268 g/mol. The zero-order valence-corrected chi connectivity index (χ0v) is 11.0. The van der Waals surface area contributed by atoms with Gasteiger partial charge in [-0.25, -0.2) is 8.78 Å². The zero-order valence-electron chi connectivity index (χ0n) is 11.0. The largest absolute Gasteiger partial charge is 0.370 e. The molecule has 1 aromatic rings. The van der Waals surface area contributed by atoms with Crippen LogP contribution in [0.2, 0.25) is 0 Å². The van der Waals surface area contributed by atoms with Gasteiger partial charge in [-0.15, -0.1) is 0 Å². The van der Waals surface area contributed by atoms with E-state index in [4.69, 9.17) is 4.74 Å². The normalized spacial score (nSPS) is 18.3. The Kier molecular flexibility index (Phi) is 4.30. The van der Waals surface area contributed by atoms with E-state index in [-0.39, 0.29) is 17.8 Å². The average molecular weight is 268 g/mol. The van der Waals surface area contributed by atoms with Gasteiger partial charge in [-0.05, 0) is 36.6 Å². The number of methoxy groups -OCH3 is 1. The van der Waals surface area contributed by atoms with Gasteiger partial charge in [0.15, 0.2) is 5.78 Å². The van der Waals surface area contributed by atoms with E-state index < -0.39 is 17.2 Å². The van der Waals surface area contributed by atoms with E-state index in [1.165, 1.54) is 7.11 Å². The molecule has 0 atom stereocenters. The number of benzene rings is 1. The summed E-state index contributed by atoms with van der Waals surface area (Å²) in [5.41, 5.74) is -0.705. The SMILES string of the molecule is COC1(C(=O)Cc2cc(F)ccc2F)CCCCC1. The van der Waals surface area contributed by atoms with Crippen molar-refractivity contribution >= 4 is 5.78 Å². The number of ketones is 1. The van der Waals surface area contributed by atoms with E-state index >= 15 is 0 Å². The molecule has 0 saturated heterocycles. The molecule has 4 heteroatoms. The topological polar surface area (TPSA) is 26.3 Å². The van der Waals surface area contributed by atoms with Crippen molar-refractivity contribution in [3.8, 4) is 0 Å². The second-order valence-electron chi connectivity index (χ2n) is 5.09. The highest BCUT2D eigenvalue weighted by atomic mass is 19.1. The fraction of sp³-hybridized carbons (Fsp3) is 0.533.